The van der Waals surface area contributed by atoms with Crippen molar-refractivity contribution in [2.45, 2.75) is 26.8 Å². The lowest BCUT2D eigenvalue weighted by Crippen LogP contribution is -2.53. The van der Waals surface area contributed by atoms with E-state index < -0.39 is 0 Å². The minimum Gasteiger partial charge on any atom is -0.462 e. The fourth-order valence-electron chi connectivity index (χ4n) is 3.60. The first-order chi connectivity index (χ1) is 14.0. The van der Waals surface area contributed by atoms with Gasteiger partial charge in [-0.2, -0.15) is 0 Å². The average molecular weight is 396 g/mol. The van der Waals surface area contributed by atoms with Crippen molar-refractivity contribution in [2.24, 2.45) is 0 Å². The van der Waals surface area contributed by atoms with Gasteiger partial charge < -0.3 is 15.0 Å². The van der Waals surface area contributed by atoms with E-state index in [9.17, 15) is 9.59 Å². The number of hydrogen-bond acceptors (Lipinski definition) is 5. The van der Waals surface area contributed by atoms with Crippen LogP contribution >= 0.6 is 0 Å². The van der Waals surface area contributed by atoms with Crippen molar-refractivity contribution in [3.8, 4) is 0 Å². The summed E-state index contributed by atoms with van der Waals surface area (Å²) in [5, 5.41) is 2.90. The van der Waals surface area contributed by atoms with E-state index in [2.05, 4.69) is 53.2 Å². The van der Waals surface area contributed by atoms with Crippen LogP contribution in [0.3, 0.4) is 0 Å². The zero-order valence-corrected chi connectivity index (χ0v) is 17.4. The Hall–Kier alpha value is -2.86. The van der Waals surface area contributed by atoms with E-state index in [1.54, 1.807) is 31.2 Å². The molecule has 1 heterocycles. The lowest BCUT2D eigenvalue weighted by Gasteiger charge is -2.41. The topological polar surface area (TPSA) is 61.9 Å². The van der Waals surface area contributed by atoms with Crippen molar-refractivity contribution >= 4 is 23.3 Å². The van der Waals surface area contributed by atoms with Crippen LogP contribution in [0.15, 0.2) is 48.5 Å². The highest BCUT2D eigenvalue weighted by atomic mass is 16.5. The maximum absolute atomic E-state index is 12.4. The average Bonchev–Trinajstić information content (AvgIpc) is 2.70. The van der Waals surface area contributed by atoms with Gasteiger partial charge in [0.15, 0.2) is 0 Å². The van der Waals surface area contributed by atoms with Crippen LogP contribution in [0, 0.1) is 6.92 Å². The standard InChI is InChI=1S/C23H29N3O3/c1-4-29-23(28)19-7-9-20(10-8-19)24-22(27)16-25-13-14-26(18(3)15-25)21-11-5-17(2)6-12-21/h5-12,18H,4,13-16H2,1-3H3,(H,24,27). The van der Waals surface area contributed by atoms with Gasteiger partial charge in [-0.15, -0.1) is 0 Å². The second-order valence-electron chi connectivity index (χ2n) is 7.46. The highest BCUT2D eigenvalue weighted by Crippen LogP contribution is 2.21. The normalized spacial score (nSPS) is 17.1. The van der Waals surface area contributed by atoms with Gasteiger partial charge in [0.1, 0.15) is 0 Å². The molecule has 1 fully saturated rings. The fraction of sp³-hybridized carbons (Fsp3) is 0.391. The minimum atomic E-state index is -0.356. The summed E-state index contributed by atoms with van der Waals surface area (Å²) >= 11 is 0. The van der Waals surface area contributed by atoms with Gasteiger partial charge >= 0.3 is 5.97 Å². The number of hydrogen-bond donors (Lipinski definition) is 1. The first kappa shape index (κ1) is 20.9. The summed E-state index contributed by atoms with van der Waals surface area (Å²) in [6, 6.07) is 15.7. The third kappa shape index (κ3) is 5.57. The van der Waals surface area contributed by atoms with Crippen LogP contribution in [0.2, 0.25) is 0 Å². The molecule has 3 rings (SSSR count). The summed E-state index contributed by atoms with van der Waals surface area (Å²) in [7, 11) is 0. The SMILES string of the molecule is CCOC(=O)c1ccc(NC(=O)CN2CCN(c3ccc(C)cc3)C(C)C2)cc1. The van der Waals surface area contributed by atoms with Gasteiger partial charge in [0.2, 0.25) is 5.91 Å². The van der Waals surface area contributed by atoms with E-state index in [-0.39, 0.29) is 11.9 Å². The van der Waals surface area contributed by atoms with Crippen molar-refractivity contribution in [3.05, 3.63) is 59.7 Å². The zero-order valence-electron chi connectivity index (χ0n) is 17.4. The molecule has 0 saturated carbocycles. The molecule has 0 aliphatic carbocycles. The molecule has 29 heavy (non-hydrogen) atoms. The van der Waals surface area contributed by atoms with Gasteiger partial charge in [-0.3, -0.25) is 9.69 Å². The number of nitrogens with zero attached hydrogens (tertiary/aromatic N) is 2. The summed E-state index contributed by atoms with van der Waals surface area (Å²) < 4.78 is 4.97. The fourth-order valence-corrected chi connectivity index (χ4v) is 3.60. The molecule has 1 N–H and O–H groups in total. The van der Waals surface area contributed by atoms with Crippen LogP contribution < -0.4 is 10.2 Å². The van der Waals surface area contributed by atoms with Crippen LogP contribution in [-0.2, 0) is 9.53 Å². The molecule has 0 spiro atoms. The maximum atomic E-state index is 12.4. The van der Waals surface area contributed by atoms with Gasteiger partial charge in [-0.1, -0.05) is 17.7 Å². The molecule has 6 heteroatoms. The number of rotatable bonds is 6. The summed E-state index contributed by atoms with van der Waals surface area (Å²) in [6.45, 7) is 9.32. The Kier molecular flexibility index (Phi) is 6.88. The quantitative estimate of drug-likeness (QED) is 0.761. The van der Waals surface area contributed by atoms with Gasteiger partial charge in [-0.25, -0.2) is 4.79 Å². The Balaban J connectivity index is 1.50. The van der Waals surface area contributed by atoms with Crippen molar-refractivity contribution in [3.63, 3.8) is 0 Å². The molecule has 1 aliphatic rings. The number of nitrogens with one attached hydrogen (secondary N) is 1. The highest BCUT2D eigenvalue weighted by Gasteiger charge is 2.25. The van der Waals surface area contributed by atoms with Crippen LogP contribution in [0.4, 0.5) is 11.4 Å². The maximum Gasteiger partial charge on any atom is 0.338 e. The Labute approximate surface area is 172 Å². The van der Waals surface area contributed by atoms with Crippen LogP contribution in [-0.4, -0.2) is 55.6 Å². The molecular formula is C23H29N3O3. The monoisotopic (exact) mass is 395 g/mol. The number of amides is 1. The van der Waals surface area contributed by atoms with E-state index >= 15 is 0 Å². The molecule has 2 aromatic rings. The largest absolute Gasteiger partial charge is 0.462 e. The third-order valence-corrected chi connectivity index (χ3v) is 5.12. The molecular weight excluding hydrogens is 366 g/mol. The number of ether oxygens (including phenoxy) is 1. The summed E-state index contributed by atoms with van der Waals surface area (Å²) in [5.74, 6) is -0.407. The second-order valence-corrected chi connectivity index (χ2v) is 7.46. The summed E-state index contributed by atoms with van der Waals surface area (Å²) in [4.78, 5) is 28.7. The molecule has 6 nitrogen and oxygen atoms in total. The van der Waals surface area contributed by atoms with Gasteiger partial charge in [0, 0.05) is 37.1 Å². The number of esters is 1. The van der Waals surface area contributed by atoms with Crippen molar-refractivity contribution in [1.82, 2.24) is 4.90 Å². The zero-order chi connectivity index (χ0) is 20.8. The number of aryl methyl sites for hydroxylation is 1. The summed E-state index contributed by atoms with van der Waals surface area (Å²) in [5.41, 5.74) is 3.64. The van der Waals surface area contributed by atoms with Crippen LogP contribution in [0.1, 0.15) is 29.8 Å². The second kappa shape index (κ2) is 9.56. The predicted molar refractivity (Wildman–Crippen MR) is 115 cm³/mol. The lowest BCUT2D eigenvalue weighted by atomic mass is 10.1. The molecule has 2 aromatic carbocycles. The minimum absolute atomic E-state index is 0.0510. The molecule has 1 atom stereocenters. The molecule has 1 unspecified atom stereocenters. The first-order valence-corrected chi connectivity index (χ1v) is 10.1. The number of anilines is 2. The molecule has 0 bridgehead atoms. The van der Waals surface area contributed by atoms with E-state index in [1.165, 1.54) is 11.3 Å². The number of piperazine rings is 1. The Morgan fingerprint density at radius 2 is 1.76 bits per heavy atom. The third-order valence-electron chi connectivity index (χ3n) is 5.12. The number of benzene rings is 2. The van der Waals surface area contributed by atoms with Gasteiger partial charge in [-0.05, 0) is 57.2 Å². The van der Waals surface area contributed by atoms with Crippen LogP contribution in [0.5, 0.6) is 0 Å². The van der Waals surface area contributed by atoms with Crippen molar-refractivity contribution < 1.29 is 14.3 Å². The van der Waals surface area contributed by atoms with Crippen molar-refractivity contribution in [2.75, 3.05) is 43.0 Å². The molecule has 0 radical (unpaired) electrons. The van der Waals surface area contributed by atoms with E-state index in [1.807, 2.05) is 0 Å². The Bertz CT molecular complexity index is 833. The predicted octanol–water partition coefficient (Wildman–Crippen LogP) is 3.32. The molecule has 1 aliphatic heterocycles. The molecule has 0 aromatic heterocycles. The van der Waals surface area contributed by atoms with Crippen molar-refractivity contribution in [1.29, 1.82) is 0 Å². The number of carbonyl (C=O) groups excluding carboxylic acids is 2. The van der Waals surface area contributed by atoms with Gasteiger partial charge in [0.25, 0.3) is 0 Å². The Morgan fingerprint density at radius 3 is 2.38 bits per heavy atom. The molecule has 1 amide bonds. The molecule has 154 valence electrons. The highest BCUT2D eigenvalue weighted by molar-refractivity contribution is 5.94. The summed E-state index contributed by atoms with van der Waals surface area (Å²) in [6.07, 6.45) is 0. The molecule has 1 saturated heterocycles. The van der Waals surface area contributed by atoms with E-state index in [0.717, 1.165) is 19.6 Å². The first-order valence-electron chi connectivity index (χ1n) is 10.1. The Morgan fingerprint density at radius 1 is 1.07 bits per heavy atom. The van der Waals surface area contributed by atoms with Crippen LogP contribution in [0.25, 0.3) is 0 Å². The lowest BCUT2D eigenvalue weighted by molar-refractivity contribution is -0.117. The van der Waals surface area contributed by atoms with Gasteiger partial charge in [0.05, 0.1) is 18.7 Å². The number of carbonyl (C=O) groups is 2. The van der Waals surface area contributed by atoms with E-state index in [0.29, 0.717) is 30.4 Å². The smallest absolute Gasteiger partial charge is 0.338 e. The van der Waals surface area contributed by atoms with E-state index in [4.69, 9.17) is 4.74 Å².